The van der Waals surface area contributed by atoms with Gasteiger partial charge in [0.05, 0.1) is 22.7 Å². The van der Waals surface area contributed by atoms with Crippen molar-refractivity contribution in [2.24, 2.45) is 0 Å². The molecular weight excluding hydrogens is 290 g/mol. The summed E-state index contributed by atoms with van der Waals surface area (Å²) in [6, 6.07) is 1.89. The van der Waals surface area contributed by atoms with Gasteiger partial charge in [-0.3, -0.25) is 4.68 Å². The van der Waals surface area contributed by atoms with E-state index in [0.717, 1.165) is 17.1 Å². The number of hydrogen-bond acceptors (Lipinski definition) is 5. The van der Waals surface area contributed by atoms with Crippen LogP contribution in [0.5, 0.6) is 0 Å². The molecule has 2 N–H and O–H groups in total. The molecule has 0 saturated carbocycles. The molecule has 1 aliphatic heterocycles. The monoisotopic (exact) mass is 309 g/mol. The van der Waals surface area contributed by atoms with Crippen LogP contribution >= 0.6 is 0 Å². The Morgan fingerprint density at radius 1 is 1.43 bits per heavy atom. The van der Waals surface area contributed by atoms with Crippen molar-refractivity contribution in [1.29, 1.82) is 0 Å². The van der Waals surface area contributed by atoms with Crippen LogP contribution in [0.4, 0.5) is 5.69 Å². The Balaban J connectivity index is 2.05. The Kier molecular flexibility index (Phi) is 2.95. The summed E-state index contributed by atoms with van der Waals surface area (Å²) in [6.45, 7) is 5.64. The van der Waals surface area contributed by atoms with E-state index in [1.54, 1.807) is 10.9 Å². The van der Waals surface area contributed by atoms with E-state index in [2.05, 4.69) is 5.10 Å². The minimum atomic E-state index is -2.99. The summed E-state index contributed by atoms with van der Waals surface area (Å²) in [6.07, 6.45) is 2.28. The summed E-state index contributed by atoms with van der Waals surface area (Å²) in [7, 11) is -2.99. The molecule has 1 unspecified atom stereocenters. The number of aryl methyl sites for hydroxylation is 2. The van der Waals surface area contributed by atoms with Crippen molar-refractivity contribution in [2.45, 2.75) is 32.7 Å². The topological polar surface area (TPSA) is 91.1 Å². The second-order valence-electron chi connectivity index (χ2n) is 6.04. The average molecular weight is 309 g/mol. The van der Waals surface area contributed by atoms with Gasteiger partial charge in [0.1, 0.15) is 17.2 Å². The number of furan rings is 1. The summed E-state index contributed by atoms with van der Waals surface area (Å²) < 4.78 is 30.7. The Morgan fingerprint density at radius 2 is 2.14 bits per heavy atom. The van der Waals surface area contributed by atoms with Crippen LogP contribution in [-0.4, -0.2) is 29.7 Å². The van der Waals surface area contributed by atoms with Crippen molar-refractivity contribution in [3.8, 4) is 11.3 Å². The molecule has 3 rings (SSSR count). The molecule has 114 valence electrons. The van der Waals surface area contributed by atoms with E-state index >= 15 is 0 Å². The van der Waals surface area contributed by atoms with E-state index in [4.69, 9.17) is 10.2 Å². The fourth-order valence-corrected chi connectivity index (χ4v) is 5.03. The van der Waals surface area contributed by atoms with Crippen molar-refractivity contribution >= 4 is 15.5 Å². The van der Waals surface area contributed by atoms with Crippen LogP contribution in [0.25, 0.3) is 11.3 Å². The molecule has 1 atom stereocenters. The smallest absolute Gasteiger partial charge is 0.152 e. The first-order valence-electron chi connectivity index (χ1n) is 6.84. The maximum Gasteiger partial charge on any atom is 0.152 e. The number of nitrogen functional groups attached to an aromatic ring is 1. The third-order valence-electron chi connectivity index (χ3n) is 4.07. The van der Waals surface area contributed by atoms with E-state index < -0.39 is 15.4 Å². The molecule has 0 radical (unpaired) electrons. The number of rotatable bonds is 2. The van der Waals surface area contributed by atoms with Gasteiger partial charge in [-0.15, -0.1) is 0 Å². The number of nitrogens with zero attached hydrogens (tertiary/aromatic N) is 2. The van der Waals surface area contributed by atoms with Crippen molar-refractivity contribution < 1.29 is 12.8 Å². The first-order chi connectivity index (χ1) is 9.70. The highest BCUT2D eigenvalue weighted by molar-refractivity contribution is 7.91. The molecule has 0 aromatic carbocycles. The molecular formula is C14H19N3O3S. The third kappa shape index (κ3) is 2.35. The number of anilines is 1. The normalized spacial score (nSPS) is 24.5. The fraction of sp³-hybridized carbons (Fsp3) is 0.500. The van der Waals surface area contributed by atoms with Crippen LogP contribution in [0, 0.1) is 13.8 Å². The maximum atomic E-state index is 11.8. The van der Waals surface area contributed by atoms with Gasteiger partial charge in [-0.1, -0.05) is 0 Å². The lowest BCUT2D eigenvalue weighted by molar-refractivity contribution is 0.329. The predicted molar refractivity (Wildman–Crippen MR) is 80.7 cm³/mol. The molecule has 21 heavy (non-hydrogen) atoms. The highest BCUT2D eigenvalue weighted by atomic mass is 32.2. The minimum absolute atomic E-state index is 0.101. The fourth-order valence-electron chi connectivity index (χ4n) is 2.91. The van der Waals surface area contributed by atoms with Gasteiger partial charge in [-0.2, -0.15) is 5.10 Å². The van der Waals surface area contributed by atoms with E-state index in [1.807, 2.05) is 26.8 Å². The van der Waals surface area contributed by atoms with Gasteiger partial charge < -0.3 is 10.2 Å². The summed E-state index contributed by atoms with van der Waals surface area (Å²) in [5.74, 6) is 1.85. The van der Waals surface area contributed by atoms with Crippen molar-refractivity contribution in [1.82, 2.24) is 9.78 Å². The standard InChI is InChI=1S/C14H19N3O3S/c1-9-6-11(10(2)20-9)13-12(15)7-17(16-13)14(3)4-5-21(18,19)8-14/h6-7H,4-5,8,15H2,1-3H3. The number of nitrogens with two attached hydrogens (primary N) is 1. The average Bonchev–Trinajstić information content (AvgIpc) is 2.97. The minimum Gasteiger partial charge on any atom is -0.466 e. The second kappa shape index (κ2) is 4.37. The largest absolute Gasteiger partial charge is 0.466 e. The van der Waals surface area contributed by atoms with Gasteiger partial charge in [-0.05, 0) is 33.3 Å². The summed E-state index contributed by atoms with van der Waals surface area (Å²) in [5.41, 5.74) is 7.58. The van der Waals surface area contributed by atoms with Gasteiger partial charge in [0.25, 0.3) is 0 Å². The van der Waals surface area contributed by atoms with Gasteiger partial charge in [0.2, 0.25) is 0 Å². The zero-order chi connectivity index (χ0) is 15.4. The van der Waals surface area contributed by atoms with Gasteiger partial charge >= 0.3 is 0 Å². The first kappa shape index (κ1) is 14.2. The lowest BCUT2D eigenvalue weighted by Gasteiger charge is -2.22. The molecule has 2 aromatic heterocycles. The van der Waals surface area contributed by atoms with E-state index in [-0.39, 0.29) is 11.5 Å². The Bertz CT molecular complexity index is 804. The molecule has 2 aromatic rings. The second-order valence-corrected chi connectivity index (χ2v) is 8.23. The molecule has 0 amide bonds. The SMILES string of the molecule is Cc1cc(-c2nn(C3(C)CCS(=O)(=O)C3)cc2N)c(C)o1. The molecule has 0 aliphatic carbocycles. The molecule has 1 saturated heterocycles. The van der Waals surface area contributed by atoms with Gasteiger partial charge in [0.15, 0.2) is 9.84 Å². The Hall–Kier alpha value is -1.76. The zero-order valence-corrected chi connectivity index (χ0v) is 13.2. The summed E-state index contributed by atoms with van der Waals surface area (Å²) in [5, 5.41) is 4.54. The molecule has 0 bridgehead atoms. The third-order valence-corrected chi connectivity index (χ3v) is 5.96. The molecule has 3 heterocycles. The van der Waals surface area contributed by atoms with Crippen LogP contribution in [0.3, 0.4) is 0 Å². The summed E-state index contributed by atoms with van der Waals surface area (Å²) in [4.78, 5) is 0. The van der Waals surface area contributed by atoms with Crippen molar-refractivity contribution in [2.75, 3.05) is 17.2 Å². The van der Waals surface area contributed by atoms with Gasteiger partial charge in [-0.25, -0.2) is 8.42 Å². The molecule has 6 nitrogen and oxygen atoms in total. The van der Waals surface area contributed by atoms with Crippen molar-refractivity contribution in [3.05, 3.63) is 23.8 Å². The van der Waals surface area contributed by atoms with Crippen LogP contribution in [0.2, 0.25) is 0 Å². The number of aromatic nitrogens is 2. The molecule has 1 aliphatic rings. The van der Waals surface area contributed by atoms with Gasteiger partial charge in [0, 0.05) is 11.8 Å². The Labute approximate surface area is 123 Å². The quantitative estimate of drug-likeness (QED) is 0.914. The molecule has 1 fully saturated rings. The van der Waals surface area contributed by atoms with Crippen LogP contribution < -0.4 is 5.73 Å². The lowest BCUT2D eigenvalue weighted by atomic mass is 10.0. The van der Waals surface area contributed by atoms with E-state index in [9.17, 15) is 8.42 Å². The predicted octanol–water partition coefficient (Wildman–Crippen LogP) is 1.88. The molecule has 7 heteroatoms. The number of hydrogen-bond donors (Lipinski definition) is 1. The van der Waals surface area contributed by atoms with Crippen molar-refractivity contribution in [3.63, 3.8) is 0 Å². The van der Waals surface area contributed by atoms with Crippen LogP contribution in [-0.2, 0) is 15.4 Å². The zero-order valence-electron chi connectivity index (χ0n) is 12.4. The number of sulfone groups is 1. The highest BCUT2D eigenvalue weighted by Crippen LogP contribution is 2.35. The first-order valence-corrected chi connectivity index (χ1v) is 8.66. The lowest BCUT2D eigenvalue weighted by Crippen LogP contribution is -2.31. The maximum absolute atomic E-state index is 11.8. The van der Waals surface area contributed by atoms with Crippen LogP contribution in [0.1, 0.15) is 24.9 Å². The summed E-state index contributed by atoms with van der Waals surface area (Å²) >= 11 is 0. The molecule has 0 spiro atoms. The Morgan fingerprint density at radius 3 is 2.67 bits per heavy atom. The van der Waals surface area contributed by atoms with E-state index in [0.29, 0.717) is 17.8 Å². The van der Waals surface area contributed by atoms with E-state index in [1.165, 1.54) is 0 Å². The highest BCUT2D eigenvalue weighted by Gasteiger charge is 2.41. The van der Waals surface area contributed by atoms with Crippen LogP contribution in [0.15, 0.2) is 16.7 Å².